The fourth-order valence-electron chi connectivity index (χ4n) is 3.26. The molecular weight excluding hydrogens is 326 g/mol. The van der Waals surface area contributed by atoms with Crippen molar-refractivity contribution in [2.45, 2.75) is 18.9 Å². The first kappa shape index (κ1) is 16.4. The van der Waals surface area contributed by atoms with E-state index in [0.717, 1.165) is 23.4 Å². The van der Waals surface area contributed by atoms with Crippen molar-refractivity contribution in [3.8, 4) is 5.75 Å². The van der Waals surface area contributed by atoms with Gasteiger partial charge in [0.25, 0.3) is 0 Å². The van der Waals surface area contributed by atoms with Gasteiger partial charge in [0.05, 0.1) is 25.5 Å². The molecule has 0 spiro atoms. The van der Waals surface area contributed by atoms with Gasteiger partial charge in [0.15, 0.2) is 0 Å². The number of amides is 1. The van der Waals surface area contributed by atoms with E-state index >= 15 is 0 Å². The fourth-order valence-corrected chi connectivity index (χ4v) is 3.26. The summed E-state index contributed by atoms with van der Waals surface area (Å²) >= 11 is 0. The van der Waals surface area contributed by atoms with E-state index in [1.165, 1.54) is 5.56 Å². The van der Waals surface area contributed by atoms with Crippen molar-refractivity contribution in [3.05, 3.63) is 78.1 Å². The van der Waals surface area contributed by atoms with E-state index < -0.39 is 0 Å². The Morgan fingerprint density at radius 1 is 1.23 bits per heavy atom. The molecule has 2 unspecified atom stereocenters. The Bertz CT molecular complexity index is 904. The van der Waals surface area contributed by atoms with Crippen LogP contribution in [0.25, 0.3) is 0 Å². The Morgan fingerprint density at radius 2 is 2.08 bits per heavy atom. The third-order valence-corrected chi connectivity index (χ3v) is 4.73. The average molecular weight is 347 g/mol. The van der Waals surface area contributed by atoms with Gasteiger partial charge in [0, 0.05) is 12.1 Å². The number of carbonyl (C=O) groups is 1. The maximum absolute atomic E-state index is 12.4. The summed E-state index contributed by atoms with van der Waals surface area (Å²) in [4.78, 5) is 12.4. The minimum atomic E-state index is 0.0548. The largest absolute Gasteiger partial charge is 0.497 e. The lowest BCUT2D eigenvalue weighted by Crippen LogP contribution is -2.14. The summed E-state index contributed by atoms with van der Waals surface area (Å²) in [7, 11) is 1.65. The minimum Gasteiger partial charge on any atom is -0.497 e. The number of nitrogens with zero attached hydrogens (tertiary/aromatic N) is 2. The molecule has 2 atom stereocenters. The van der Waals surface area contributed by atoms with Crippen molar-refractivity contribution in [1.29, 1.82) is 0 Å². The van der Waals surface area contributed by atoms with Crippen LogP contribution in [0.15, 0.2) is 67.0 Å². The van der Waals surface area contributed by atoms with Crippen LogP contribution < -0.4 is 10.1 Å². The molecule has 5 nitrogen and oxygen atoms in total. The number of hydrogen-bond donors (Lipinski definition) is 1. The Balaban J connectivity index is 1.36. The molecule has 4 rings (SSSR count). The lowest BCUT2D eigenvalue weighted by Gasteiger charge is -2.05. The number of carbonyl (C=O) groups excluding carboxylic acids is 1. The molecule has 1 heterocycles. The van der Waals surface area contributed by atoms with Crippen LogP contribution in [0.3, 0.4) is 0 Å². The van der Waals surface area contributed by atoms with E-state index in [1.54, 1.807) is 13.3 Å². The van der Waals surface area contributed by atoms with Crippen molar-refractivity contribution in [2.75, 3.05) is 12.4 Å². The predicted molar refractivity (Wildman–Crippen MR) is 100 cm³/mol. The monoisotopic (exact) mass is 347 g/mol. The van der Waals surface area contributed by atoms with Gasteiger partial charge in [-0.1, -0.05) is 42.5 Å². The summed E-state index contributed by atoms with van der Waals surface area (Å²) in [5.41, 5.74) is 3.06. The highest BCUT2D eigenvalue weighted by atomic mass is 16.5. The van der Waals surface area contributed by atoms with Crippen LogP contribution in [0, 0.1) is 5.92 Å². The second kappa shape index (κ2) is 7.04. The number of hydrogen-bond acceptors (Lipinski definition) is 3. The first-order chi connectivity index (χ1) is 12.7. The van der Waals surface area contributed by atoms with Crippen molar-refractivity contribution < 1.29 is 9.53 Å². The quantitative estimate of drug-likeness (QED) is 0.740. The molecule has 26 heavy (non-hydrogen) atoms. The summed E-state index contributed by atoms with van der Waals surface area (Å²) in [6.45, 7) is 0.628. The molecule has 0 radical (unpaired) electrons. The molecule has 1 aromatic heterocycles. The highest BCUT2D eigenvalue weighted by molar-refractivity contribution is 5.95. The van der Waals surface area contributed by atoms with Gasteiger partial charge in [-0.15, -0.1) is 0 Å². The van der Waals surface area contributed by atoms with Gasteiger partial charge in [0.2, 0.25) is 5.91 Å². The molecule has 1 fully saturated rings. The lowest BCUT2D eigenvalue weighted by atomic mass is 10.1. The van der Waals surface area contributed by atoms with Crippen LogP contribution in [0.4, 0.5) is 5.69 Å². The van der Waals surface area contributed by atoms with Crippen LogP contribution in [0.5, 0.6) is 5.75 Å². The number of rotatable bonds is 6. The van der Waals surface area contributed by atoms with E-state index in [1.807, 2.05) is 53.3 Å². The first-order valence-corrected chi connectivity index (χ1v) is 8.74. The van der Waals surface area contributed by atoms with E-state index in [9.17, 15) is 4.79 Å². The predicted octanol–water partition coefficient (Wildman–Crippen LogP) is 3.68. The Morgan fingerprint density at radius 3 is 2.88 bits per heavy atom. The highest BCUT2D eigenvalue weighted by Crippen LogP contribution is 2.47. The second-order valence-corrected chi connectivity index (χ2v) is 6.63. The Hall–Kier alpha value is -3.08. The fraction of sp³-hybridized carbons (Fsp3) is 0.238. The van der Waals surface area contributed by atoms with E-state index in [2.05, 4.69) is 22.5 Å². The molecule has 132 valence electrons. The molecule has 1 aliphatic carbocycles. The third kappa shape index (κ3) is 3.61. The maximum atomic E-state index is 12.4. The number of benzene rings is 2. The van der Waals surface area contributed by atoms with E-state index in [-0.39, 0.29) is 11.8 Å². The van der Waals surface area contributed by atoms with Gasteiger partial charge in [-0.25, -0.2) is 0 Å². The van der Waals surface area contributed by atoms with Crippen molar-refractivity contribution in [1.82, 2.24) is 9.78 Å². The molecule has 0 aliphatic heterocycles. The highest BCUT2D eigenvalue weighted by Gasteiger charge is 2.43. The maximum Gasteiger partial charge on any atom is 0.228 e. The lowest BCUT2D eigenvalue weighted by molar-refractivity contribution is -0.117. The zero-order valence-corrected chi connectivity index (χ0v) is 14.6. The zero-order valence-electron chi connectivity index (χ0n) is 14.6. The van der Waals surface area contributed by atoms with Crippen LogP contribution in [-0.2, 0) is 11.3 Å². The SMILES string of the molecule is COc1cccc(Cn2cc(NC(=O)C3CC3c3ccccc3)cn2)c1. The standard InChI is InChI=1S/C21H21N3O2/c1-26-18-9-5-6-15(10-18)13-24-14-17(12-22-24)23-21(25)20-11-19(20)16-7-3-2-4-8-16/h2-10,12,14,19-20H,11,13H2,1H3,(H,23,25). The van der Waals surface area contributed by atoms with Crippen molar-refractivity contribution in [2.24, 2.45) is 5.92 Å². The van der Waals surface area contributed by atoms with E-state index in [0.29, 0.717) is 12.5 Å². The summed E-state index contributed by atoms with van der Waals surface area (Å²) in [6, 6.07) is 18.1. The van der Waals surface area contributed by atoms with Crippen molar-refractivity contribution >= 4 is 11.6 Å². The summed E-state index contributed by atoms with van der Waals surface area (Å²) in [5.74, 6) is 1.28. The average Bonchev–Trinajstić information content (AvgIpc) is 3.37. The van der Waals surface area contributed by atoms with Crippen molar-refractivity contribution in [3.63, 3.8) is 0 Å². The van der Waals surface area contributed by atoms with Crippen LogP contribution in [0.2, 0.25) is 0 Å². The zero-order chi connectivity index (χ0) is 17.9. The number of aromatic nitrogens is 2. The van der Waals surface area contributed by atoms with Gasteiger partial charge in [-0.3, -0.25) is 9.48 Å². The molecule has 2 aromatic carbocycles. The molecular formula is C21H21N3O2. The molecule has 0 saturated heterocycles. The molecule has 1 amide bonds. The van der Waals surface area contributed by atoms with Gasteiger partial charge in [-0.2, -0.15) is 5.10 Å². The molecule has 3 aromatic rings. The normalized spacial score (nSPS) is 18.3. The second-order valence-electron chi connectivity index (χ2n) is 6.63. The van der Waals surface area contributed by atoms with Gasteiger partial charge < -0.3 is 10.1 Å². The first-order valence-electron chi connectivity index (χ1n) is 8.74. The van der Waals surface area contributed by atoms with E-state index in [4.69, 9.17) is 4.74 Å². The summed E-state index contributed by atoms with van der Waals surface area (Å²) < 4.78 is 7.05. The van der Waals surface area contributed by atoms with Crippen LogP contribution in [0.1, 0.15) is 23.5 Å². The molecule has 1 N–H and O–H groups in total. The number of ether oxygens (including phenoxy) is 1. The van der Waals surface area contributed by atoms with Crippen LogP contribution >= 0.6 is 0 Å². The Labute approximate surface area is 152 Å². The van der Waals surface area contributed by atoms with Gasteiger partial charge >= 0.3 is 0 Å². The van der Waals surface area contributed by atoms with Gasteiger partial charge in [0.1, 0.15) is 5.75 Å². The minimum absolute atomic E-state index is 0.0548. The number of methoxy groups -OCH3 is 1. The molecule has 5 heteroatoms. The Kier molecular flexibility index (Phi) is 4.44. The molecule has 1 saturated carbocycles. The smallest absolute Gasteiger partial charge is 0.228 e. The third-order valence-electron chi connectivity index (χ3n) is 4.73. The summed E-state index contributed by atoms with van der Waals surface area (Å²) in [6.07, 6.45) is 4.46. The topological polar surface area (TPSA) is 56.1 Å². The summed E-state index contributed by atoms with van der Waals surface area (Å²) in [5, 5.41) is 7.32. The van der Waals surface area contributed by atoms with Gasteiger partial charge in [-0.05, 0) is 35.6 Å². The number of anilines is 1. The van der Waals surface area contributed by atoms with Crippen LogP contribution in [-0.4, -0.2) is 22.8 Å². The molecule has 1 aliphatic rings. The number of nitrogens with one attached hydrogen (secondary N) is 1. The molecule has 0 bridgehead atoms.